The van der Waals surface area contributed by atoms with Crippen molar-refractivity contribution in [3.63, 3.8) is 0 Å². The van der Waals surface area contributed by atoms with Gasteiger partial charge in [0.15, 0.2) is 0 Å². The molecule has 0 radical (unpaired) electrons. The van der Waals surface area contributed by atoms with Crippen molar-refractivity contribution in [3.8, 4) is 39.3 Å². The van der Waals surface area contributed by atoms with Crippen LogP contribution in [0.15, 0.2) is 200 Å². The van der Waals surface area contributed by atoms with E-state index in [1.54, 1.807) is 0 Å². The van der Waals surface area contributed by atoms with Gasteiger partial charge in [-0.1, -0.05) is 129 Å². The number of hydrogen-bond donors (Lipinski definition) is 0. The smallest absolute Gasteiger partial charge is 0.0542 e. The Balaban J connectivity index is 0.958. The highest BCUT2D eigenvalue weighted by Crippen LogP contribution is 2.49. The SMILES string of the molecule is CC1(C)c2ccccc2-c2ccc(-n3c4ccccc4c4cc(-c5ccc6c(c5)c5ccccc5n6-c5ccc6c(c5)c5ccccc5n6-c5ccccc5)ccc43)cc21. The molecular formula is C57H39N3. The second kappa shape index (κ2) is 12.2. The predicted molar refractivity (Wildman–Crippen MR) is 252 cm³/mol. The summed E-state index contributed by atoms with van der Waals surface area (Å²) in [6.07, 6.45) is 0. The lowest BCUT2D eigenvalue weighted by atomic mass is 9.82. The van der Waals surface area contributed by atoms with Crippen molar-refractivity contribution < 1.29 is 0 Å². The van der Waals surface area contributed by atoms with Gasteiger partial charge in [0.05, 0.1) is 33.1 Å². The number of aromatic nitrogens is 3. The molecule has 0 saturated carbocycles. The number of hydrogen-bond acceptors (Lipinski definition) is 0. The van der Waals surface area contributed by atoms with Crippen molar-refractivity contribution >= 4 is 65.4 Å². The summed E-state index contributed by atoms with van der Waals surface area (Å²) in [4.78, 5) is 0. The van der Waals surface area contributed by atoms with Crippen molar-refractivity contribution in [2.45, 2.75) is 19.3 Å². The van der Waals surface area contributed by atoms with Gasteiger partial charge in [0.1, 0.15) is 0 Å². The van der Waals surface area contributed by atoms with Gasteiger partial charge in [0.25, 0.3) is 0 Å². The molecule has 282 valence electrons. The summed E-state index contributed by atoms with van der Waals surface area (Å²) in [5, 5.41) is 7.52. The van der Waals surface area contributed by atoms with Gasteiger partial charge in [-0.15, -0.1) is 0 Å². The molecule has 0 atom stereocenters. The number of nitrogens with zero attached hydrogens (tertiary/aromatic N) is 3. The van der Waals surface area contributed by atoms with Crippen molar-refractivity contribution in [1.29, 1.82) is 0 Å². The number of fused-ring (bicyclic) bond motifs is 12. The second-order valence-electron chi connectivity index (χ2n) is 17.0. The van der Waals surface area contributed by atoms with Crippen LogP contribution in [0.25, 0.3) is 105 Å². The summed E-state index contributed by atoms with van der Waals surface area (Å²) in [6, 6.07) is 74.1. The summed E-state index contributed by atoms with van der Waals surface area (Å²) < 4.78 is 7.28. The van der Waals surface area contributed by atoms with Crippen LogP contribution in [-0.4, -0.2) is 13.7 Å². The van der Waals surface area contributed by atoms with Gasteiger partial charge >= 0.3 is 0 Å². The van der Waals surface area contributed by atoms with Crippen molar-refractivity contribution in [2.24, 2.45) is 0 Å². The van der Waals surface area contributed by atoms with Crippen LogP contribution in [0.1, 0.15) is 25.0 Å². The third-order valence-corrected chi connectivity index (χ3v) is 13.4. The Kier molecular flexibility index (Phi) is 6.78. The lowest BCUT2D eigenvalue weighted by Crippen LogP contribution is -2.15. The van der Waals surface area contributed by atoms with E-state index in [9.17, 15) is 0 Å². The maximum absolute atomic E-state index is 2.46. The molecule has 0 bridgehead atoms. The monoisotopic (exact) mass is 765 g/mol. The molecule has 0 fully saturated rings. The van der Waals surface area contributed by atoms with Crippen LogP contribution in [0.2, 0.25) is 0 Å². The topological polar surface area (TPSA) is 14.8 Å². The van der Waals surface area contributed by atoms with Gasteiger partial charge in [0.2, 0.25) is 0 Å². The van der Waals surface area contributed by atoms with Gasteiger partial charge in [-0.25, -0.2) is 0 Å². The zero-order valence-corrected chi connectivity index (χ0v) is 33.4. The summed E-state index contributed by atoms with van der Waals surface area (Å²) in [6.45, 7) is 4.72. The van der Waals surface area contributed by atoms with Crippen LogP contribution in [0.5, 0.6) is 0 Å². The van der Waals surface area contributed by atoms with E-state index in [0.717, 1.165) is 5.69 Å². The third-order valence-electron chi connectivity index (χ3n) is 13.4. The molecule has 12 aromatic rings. The minimum Gasteiger partial charge on any atom is -0.309 e. The molecule has 0 spiro atoms. The highest BCUT2D eigenvalue weighted by atomic mass is 15.0. The van der Waals surface area contributed by atoms with E-state index in [1.165, 1.54) is 110 Å². The first-order valence-corrected chi connectivity index (χ1v) is 20.9. The molecule has 60 heavy (non-hydrogen) atoms. The average molecular weight is 766 g/mol. The minimum absolute atomic E-state index is 0.0643. The maximum atomic E-state index is 2.46. The van der Waals surface area contributed by atoms with Crippen LogP contribution >= 0.6 is 0 Å². The van der Waals surface area contributed by atoms with Gasteiger partial charge in [-0.3, -0.25) is 0 Å². The first-order chi connectivity index (χ1) is 29.5. The normalized spacial score (nSPS) is 13.3. The van der Waals surface area contributed by atoms with Crippen LogP contribution < -0.4 is 0 Å². The molecule has 1 aliphatic carbocycles. The molecular weight excluding hydrogens is 727 g/mol. The quantitative estimate of drug-likeness (QED) is 0.169. The molecule has 0 N–H and O–H groups in total. The Bertz CT molecular complexity index is 3740. The van der Waals surface area contributed by atoms with Gasteiger partial charge in [-0.2, -0.15) is 0 Å². The van der Waals surface area contributed by atoms with E-state index in [-0.39, 0.29) is 5.41 Å². The zero-order chi connectivity index (χ0) is 39.7. The van der Waals surface area contributed by atoms with Crippen molar-refractivity contribution in [1.82, 2.24) is 13.7 Å². The maximum Gasteiger partial charge on any atom is 0.0542 e. The highest BCUT2D eigenvalue weighted by molar-refractivity contribution is 6.14. The highest BCUT2D eigenvalue weighted by Gasteiger charge is 2.35. The molecule has 13 rings (SSSR count). The summed E-state index contributed by atoms with van der Waals surface area (Å²) in [7, 11) is 0. The Morgan fingerprint density at radius 2 is 0.700 bits per heavy atom. The van der Waals surface area contributed by atoms with Gasteiger partial charge in [0, 0.05) is 54.8 Å². The molecule has 0 saturated heterocycles. The second-order valence-corrected chi connectivity index (χ2v) is 17.0. The summed E-state index contributed by atoms with van der Waals surface area (Å²) >= 11 is 0. The molecule has 0 aliphatic heterocycles. The van der Waals surface area contributed by atoms with Crippen LogP contribution in [0.4, 0.5) is 0 Å². The largest absolute Gasteiger partial charge is 0.309 e. The van der Waals surface area contributed by atoms with E-state index in [1.807, 2.05) is 0 Å². The third kappa shape index (κ3) is 4.55. The van der Waals surface area contributed by atoms with E-state index >= 15 is 0 Å². The Morgan fingerprint density at radius 1 is 0.283 bits per heavy atom. The molecule has 3 nitrogen and oxygen atoms in total. The Hall–Kier alpha value is -7.62. The van der Waals surface area contributed by atoms with E-state index in [4.69, 9.17) is 0 Å². The molecule has 1 aliphatic rings. The fourth-order valence-electron chi connectivity index (χ4n) is 10.6. The van der Waals surface area contributed by atoms with Crippen molar-refractivity contribution in [3.05, 3.63) is 211 Å². The molecule has 3 aromatic heterocycles. The van der Waals surface area contributed by atoms with Gasteiger partial charge in [-0.05, 0) is 118 Å². The predicted octanol–water partition coefficient (Wildman–Crippen LogP) is 15.0. The lowest BCUT2D eigenvalue weighted by Gasteiger charge is -2.22. The average Bonchev–Trinajstić information content (AvgIpc) is 3.99. The first kappa shape index (κ1) is 33.4. The number of para-hydroxylation sites is 4. The van der Waals surface area contributed by atoms with Crippen molar-refractivity contribution in [2.75, 3.05) is 0 Å². The van der Waals surface area contributed by atoms with E-state index in [2.05, 4.69) is 228 Å². The summed E-state index contributed by atoms with van der Waals surface area (Å²) in [5.74, 6) is 0. The summed E-state index contributed by atoms with van der Waals surface area (Å²) in [5.41, 5.74) is 18.6. The van der Waals surface area contributed by atoms with E-state index < -0.39 is 0 Å². The minimum atomic E-state index is -0.0643. The fraction of sp³-hybridized carbons (Fsp3) is 0.0526. The first-order valence-electron chi connectivity index (χ1n) is 20.9. The molecule has 3 heterocycles. The van der Waals surface area contributed by atoms with Gasteiger partial charge < -0.3 is 13.7 Å². The fourth-order valence-corrected chi connectivity index (χ4v) is 10.6. The standard InChI is InChI=1S/C57H39N3/c1-57(2)49-20-10-6-16-41(49)42-28-26-40(35-50(42)57)60-53-23-13-8-18-44(53)47-33-37(25-30-55(47)60)36-24-29-54-46(32-36)43-17-7-12-22-52(43)59(54)39-27-31-56-48(34-39)45-19-9-11-21-51(45)58(56)38-14-4-3-5-15-38/h3-35H,1-2H3. The molecule has 3 heteroatoms. The zero-order valence-electron chi connectivity index (χ0n) is 33.4. The Morgan fingerprint density at radius 3 is 1.30 bits per heavy atom. The molecule has 0 unspecified atom stereocenters. The van der Waals surface area contributed by atoms with E-state index in [0.29, 0.717) is 0 Å². The van der Waals surface area contributed by atoms with Crippen LogP contribution in [-0.2, 0) is 5.41 Å². The van der Waals surface area contributed by atoms with Crippen LogP contribution in [0, 0.1) is 0 Å². The Labute approximate surface area is 347 Å². The molecule has 9 aromatic carbocycles. The number of rotatable bonds is 4. The molecule has 0 amide bonds. The van der Waals surface area contributed by atoms with Crippen LogP contribution in [0.3, 0.4) is 0 Å². The number of benzene rings is 9. The lowest BCUT2D eigenvalue weighted by molar-refractivity contribution is 0.660.